The van der Waals surface area contributed by atoms with Crippen molar-refractivity contribution in [3.05, 3.63) is 102 Å². The number of carbonyl (C=O) groups is 6. The quantitative estimate of drug-likeness (QED) is 0.102. The highest BCUT2D eigenvalue weighted by Crippen LogP contribution is 2.36. The summed E-state index contributed by atoms with van der Waals surface area (Å²) in [5, 5.41) is 7.90. The summed E-state index contributed by atoms with van der Waals surface area (Å²) in [6, 6.07) is 21.0. The zero-order chi connectivity index (χ0) is 44.3. The molecule has 9 rings (SSSR count). The second kappa shape index (κ2) is 18.4. The van der Waals surface area contributed by atoms with Gasteiger partial charge >= 0.3 is 0 Å². The van der Waals surface area contributed by atoms with Crippen LogP contribution in [0.5, 0.6) is 11.5 Å². The smallest absolute Gasteiger partial charge is 0.263 e. The van der Waals surface area contributed by atoms with Crippen LogP contribution in [0.25, 0.3) is 22.3 Å². The molecule has 6 amide bonds. The second-order valence-electron chi connectivity index (χ2n) is 16.1. The monoisotopic (exact) mass is 882 g/mol. The number of hydrogen-bond acceptors (Lipinski definition) is 13. The van der Waals surface area contributed by atoms with Gasteiger partial charge in [-0.05, 0) is 67.8 Å². The summed E-state index contributed by atoms with van der Waals surface area (Å²) in [6.07, 6.45) is 6.94. The van der Waals surface area contributed by atoms with Crippen molar-refractivity contribution < 1.29 is 33.5 Å². The van der Waals surface area contributed by atoms with Crippen LogP contribution in [0.1, 0.15) is 58.9 Å². The number of thioether (sulfide) groups is 1. The number of imide groups is 2. The molecule has 3 aromatic carbocycles. The molecule has 6 heterocycles. The normalized spacial score (nSPS) is 19.4. The minimum absolute atomic E-state index is 0.00440. The molecule has 3 fully saturated rings. The summed E-state index contributed by atoms with van der Waals surface area (Å²) < 4.78 is 7.87. The van der Waals surface area contributed by atoms with E-state index in [-0.39, 0.29) is 48.2 Å². The Bertz CT molecular complexity index is 2660. The highest BCUT2D eigenvalue weighted by Gasteiger charge is 2.45. The molecule has 17 nitrogen and oxygen atoms in total. The lowest BCUT2D eigenvalue weighted by Gasteiger charge is -2.34. The van der Waals surface area contributed by atoms with E-state index in [0.717, 1.165) is 29.1 Å². The summed E-state index contributed by atoms with van der Waals surface area (Å²) in [6.45, 7) is 4.08. The molecular weight excluding hydrogens is 837 g/mol. The predicted octanol–water partition coefficient (Wildman–Crippen LogP) is 4.32. The zero-order valence-corrected chi connectivity index (χ0v) is 35.7. The first-order valence-corrected chi connectivity index (χ1v) is 22.4. The van der Waals surface area contributed by atoms with E-state index in [2.05, 4.69) is 20.2 Å². The van der Waals surface area contributed by atoms with Gasteiger partial charge in [0.05, 0.1) is 22.6 Å². The molecule has 2 atom stereocenters. The molecule has 4 aliphatic heterocycles. The number of nitrogens with one attached hydrogen (secondary N) is 1. The summed E-state index contributed by atoms with van der Waals surface area (Å²) >= 11 is 1.32. The highest BCUT2D eigenvalue weighted by molar-refractivity contribution is 7.99. The Morgan fingerprint density at radius 2 is 1.64 bits per heavy atom. The molecule has 5 aromatic rings. The number of carbonyl (C=O) groups excluding carboxylic acids is 6. The van der Waals surface area contributed by atoms with Crippen molar-refractivity contribution in [2.75, 3.05) is 57.3 Å². The van der Waals surface area contributed by atoms with Gasteiger partial charge in [0.2, 0.25) is 23.6 Å². The van der Waals surface area contributed by atoms with E-state index in [1.165, 1.54) is 18.1 Å². The number of likely N-dealkylation sites (tertiary alicyclic amines) is 1. The number of nitrogens with zero attached hydrogens (tertiary/aromatic N) is 8. The molecule has 2 aromatic heterocycles. The summed E-state index contributed by atoms with van der Waals surface area (Å²) in [5.41, 5.74) is 8.97. The Hall–Kier alpha value is -6.92. The molecule has 64 heavy (non-hydrogen) atoms. The number of piperazine rings is 1. The van der Waals surface area contributed by atoms with Crippen molar-refractivity contribution >= 4 is 64.1 Å². The van der Waals surface area contributed by atoms with Gasteiger partial charge in [0.15, 0.2) is 5.65 Å². The SMILES string of the molecule is Nc1ncnc2c1c(-c1ccc(Oc3ccccc3)cc1)nn2[C@@H]1CCCN(C(=O)/C=C/CN2CCN(C(=O)CCSc3cccc4c3C(=O)N(C3CCC(=O)NC3=O)C4=O)CC2)C1. The lowest BCUT2D eigenvalue weighted by atomic mass is 10.0. The maximum atomic E-state index is 13.5. The van der Waals surface area contributed by atoms with Gasteiger partial charge in [-0.25, -0.2) is 14.6 Å². The molecule has 0 radical (unpaired) electrons. The van der Waals surface area contributed by atoms with Crippen molar-refractivity contribution in [2.24, 2.45) is 0 Å². The van der Waals surface area contributed by atoms with Crippen LogP contribution in [-0.2, 0) is 19.2 Å². The molecule has 1 unspecified atom stereocenters. The maximum Gasteiger partial charge on any atom is 0.263 e. The van der Waals surface area contributed by atoms with Crippen molar-refractivity contribution in [2.45, 2.75) is 49.1 Å². The van der Waals surface area contributed by atoms with Crippen LogP contribution >= 0.6 is 11.8 Å². The number of anilines is 1. The van der Waals surface area contributed by atoms with Gasteiger partial charge in [-0.15, -0.1) is 11.8 Å². The van der Waals surface area contributed by atoms with Gasteiger partial charge in [-0.1, -0.05) is 30.3 Å². The van der Waals surface area contributed by atoms with Gasteiger partial charge in [-0.3, -0.25) is 43.9 Å². The predicted molar refractivity (Wildman–Crippen MR) is 237 cm³/mol. The molecule has 3 N–H and O–H groups in total. The third kappa shape index (κ3) is 8.70. The Kier molecular flexibility index (Phi) is 12.2. The Balaban J connectivity index is 0.750. The van der Waals surface area contributed by atoms with Crippen LogP contribution < -0.4 is 15.8 Å². The number of fused-ring (bicyclic) bond motifs is 2. The van der Waals surface area contributed by atoms with Crippen LogP contribution in [0.3, 0.4) is 0 Å². The van der Waals surface area contributed by atoms with Crippen molar-refractivity contribution in [1.82, 2.24) is 44.7 Å². The van der Waals surface area contributed by atoms with Gasteiger partial charge in [0.25, 0.3) is 11.8 Å². The van der Waals surface area contributed by atoms with E-state index in [9.17, 15) is 28.8 Å². The first-order chi connectivity index (χ1) is 31.1. The Morgan fingerprint density at radius 3 is 2.42 bits per heavy atom. The van der Waals surface area contributed by atoms with Crippen LogP contribution in [-0.4, -0.2) is 132 Å². The summed E-state index contributed by atoms with van der Waals surface area (Å²) in [7, 11) is 0. The number of amides is 6. The van der Waals surface area contributed by atoms with E-state index in [1.807, 2.05) is 75.2 Å². The molecule has 18 heteroatoms. The van der Waals surface area contributed by atoms with Crippen molar-refractivity contribution in [3.8, 4) is 22.8 Å². The molecule has 0 saturated carbocycles. The van der Waals surface area contributed by atoms with E-state index in [0.29, 0.717) is 84.8 Å². The van der Waals surface area contributed by atoms with Gasteiger partial charge < -0.3 is 20.3 Å². The number of nitrogen functional groups attached to an aromatic ring is 1. The minimum atomic E-state index is -1.04. The van der Waals surface area contributed by atoms with Crippen LogP contribution in [0, 0.1) is 0 Å². The zero-order valence-electron chi connectivity index (χ0n) is 34.9. The fraction of sp³-hybridized carbons (Fsp3) is 0.326. The third-order valence-electron chi connectivity index (χ3n) is 12.0. The van der Waals surface area contributed by atoms with E-state index in [1.54, 1.807) is 24.3 Å². The number of piperidine rings is 2. The number of benzene rings is 3. The second-order valence-corrected chi connectivity index (χ2v) is 17.2. The Morgan fingerprint density at radius 1 is 0.859 bits per heavy atom. The topological polar surface area (TPSA) is 206 Å². The van der Waals surface area contributed by atoms with E-state index in [4.69, 9.17) is 15.6 Å². The lowest BCUT2D eigenvalue weighted by Crippen LogP contribution is -2.54. The summed E-state index contributed by atoms with van der Waals surface area (Å²) in [4.78, 5) is 93.7. The number of ether oxygens (including phenoxy) is 1. The van der Waals surface area contributed by atoms with E-state index < -0.39 is 29.7 Å². The van der Waals surface area contributed by atoms with E-state index >= 15 is 0 Å². The summed E-state index contributed by atoms with van der Waals surface area (Å²) in [5.74, 6) is -0.130. The highest BCUT2D eigenvalue weighted by atomic mass is 32.2. The number of aromatic nitrogens is 4. The average molecular weight is 883 g/mol. The van der Waals surface area contributed by atoms with Crippen LogP contribution in [0.15, 0.2) is 96.2 Å². The molecule has 3 saturated heterocycles. The number of hydrogen-bond donors (Lipinski definition) is 2. The standard InChI is InChI=1S/C46H46N10O7S/c47-42-40-41(29-13-15-32(16-14-29)63-31-8-2-1-3-9-31)51-56(43(40)49-28-48-42)30-7-5-21-54(27-30)37(58)12-6-20-52-22-24-53(25-23-52)38(59)19-26-64-35-11-4-10-33-39(35)46(62)55(45(33)61)34-17-18-36(57)50-44(34)60/h1-4,6,8-16,28,30,34H,5,7,17-27H2,(H2,47,48,49)(H,50,57,60)/b12-6+/t30-,34?/m1/s1. The lowest BCUT2D eigenvalue weighted by molar-refractivity contribution is -0.136. The van der Waals surface area contributed by atoms with Gasteiger partial charge in [-0.2, -0.15) is 5.10 Å². The minimum Gasteiger partial charge on any atom is -0.457 e. The van der Waals surface area contributed by atoms with Crippen molar-refractivity contribution in [3.63, 3.8) is 0 Å². The fourth-order valence-electron chi connectivity index (χ4n) is 8.71. The fourth-order valence-corrected chi connectivity index (χ4v) is 9.72. The third-order valence-corrected chi connectivity index (χ3v) is 13.1. The molecule has 0 bridgehead atoms. The largest absolute Gasteiger partial charge is 0.457 e. The van der Waals surface area contributed by atoms with Crippen molar-refractivity contribution in [1.29, 1.82) is 0 Å². The molecular formula is C46H46N10O7S. The first-order valence-electron chi connectivity index (χ1n) is 21.4. The first kappa shape index (κ1) is 42.4. The number of nitrogens with two attached hydrogens (primary N) is 1. The maximum absolute atomic E-state index is 13.5. The Labute approximate surface area is 372 Å². The van der Waals surface area contributed by atoms with Crippen LogP contribution in [0.2, 0.25) is 0 Å². The van der Waals surface area contributed by atoms with Gasteiger partial charge in [0, 0.05) is 80.9 Å². The molecule has 0 aliphatic carbocycles. The number of rotatable bonds is 12. The average Bonchev–Trinajstić information content (AvgIpc) is 3.83. The van der Waals surface area contributed by atoms with Crippen LogP contribution in [0.4, 0.5) is 5.82 Å². The molecule has 0 spiro atoms. The number of para-hydroxylation sites is 1. The molecule has 328 valence electrons. The van der Waals surface area contributed by atoms with Gasteiger partial charge in [0.1, 0.15) is 35.4 Å². The molecule has 4 aliphatic rings.